The Morgan fingerprint density at radius 2 is 1.17 bits per heavy atom. The van der Waals surface area contributed by atoms with Crippen LogP contribution in [0.15, 0.2) is 48.5 Å². The fourth-order valence-corrected chi connectivity index (χ4v) is 11.4. The Hall–Kier alpha value is -3.56. The molecule has 4 fully saturated rings. The lowest BCUT2D eigenvalue weighted by Crippen LogP contribution is -2.50. The van der Waals surface area contributed by atoms with Crippen LogP contribution < -0.4 is 14.8 Å². The van der Waals surface area contributed by atoms with E-state index >= 15 is 0 Å². The highest BCUT2D eigenvalue weighted by atomic mass is 32.1. The predicted octanol–water partition coefficient (Wildman–Crippen LogP) is 8.89. The van der Waals surface area contributed by atoms with E-state index in [9.17, 15) is 18.0 Å². The summed E-state index contributed by atoms with van der Waals surface area (Å²) in [5.74, 6) is 0.980. The summed E-state index contributed by atoms with van der Waals surface area (Å²) in [6.07, 6.45) is 9.00. The number of fused-ring (bicyclic) bond motifs is 2. The first-order valence-electron chi connectivity index (χ1n) is 21.7. The molecule has 6 aliphatic rings. The van der Waals surface area contributed by atoms with Crippen LogP contribution in [0.3, 0.4) is 0 Å². The van der Waals surface area contributed by atoms with Gasteiger partial charge in [0, 0.05) is 91.1 Å². The average molecular weight is 849 g/mol. The fraction of sp³-hybridized carbons (Fsp3) is 0.578. The monoisotopic (exact) mass is 848 g/mol. The lowest BCUT2D eigenvalue weighted by atomic mass is 9.86. The Labute approximate surface area is 353 Å². The van der Waals surface area contributed by atoms with E-state index < -0.39 is 18.5 Å². The molecule has 0 unspecified atom stereocenters. The molecule has 4 aliphatic heterocycles. The Kier molecular flexibility index (Phi) is 12.6. The smallest absolute Gasteiger partial charge is 0.397 e. The summed E-state index contributed by atoms with van der Waals surface area (Å²) in [5, 5.41) is 5.39. The SMILES string of the molecule is O=C(CC(F)(F)F)N1CCc2nc(-c3ccc(OC4CC(N5CCCCC5)C4)cc3)sc2C1.c1cc(-c2nc3c(s2)CNCC3)ccc1OC1CC(N2CCCCC2)C1. The number of alkyl halides is 3. The van der Waals surface area contributed by atoms with Gasteiger partial charge in [-0.05, 0) is 100 Å². The molecule has 1 amide bonds. The number of likely N-dealkylation sites (tertiary alicyclic amines) is 2. The van der Waals surface area contributed by atoms with Crippen LogP contribution in [0.1, 0.15) is 91.8 Å². The van der Waals surface area contributed by atoms with E-state index in [1.165, 1.54) is 110 Å². The van der Waals surface area contributed by atoms with Gasteiger partial charge in [0.05, 0.1) is 17.9 Å². The molecule has 2 aromatic carbocycles. The number of thiazole rings is 2. The molecule has 1 N–H and O–H groups in total. The molecule has 2 aliphatic carbocycles. The summed E-state index contributed by atoms with van der Waals surface area (Å²) in [7, 11) is 0. The number of piperidine rings is 2. The van der Waals surface area contributed by atoms with Crippen molar-refractivity contribution in [2.45, 2.75) is 127 Å². The molecule has 0 radical (unpaired) electrons. The molecule has 6 heterocycles. The first kappa shape index (κ1) is 40.8. The first-order chi connectivity index (χ1) is 28.7. The quantitative estimate of drug-likeness (QED) is 0.179. The number of rotatable bonds is 9. The molecule has 2 aromatic heterocycles. The number of benzene rings is 2. The van der Waals surface area contributed by atoms with Crippen molar-refractivity contribution in [1.29, 1.82) is 0 Å². The molecule has 0 bridgehead atoms. The number of nitrogens with zero attached hydrogens (tertiary/aromatic N) is 5. The van der Waals surface area contributed by atoms with Crippen LogP contribution >= 0.6 is 22.7 Å². The lowest BCUT2D eigenvalue weighted by Gasteiger charge is -2.44. The Morgan fingerprint density at radius 1 is 0.678 bits per heavy atom. The number of carbonyl (C=O) groups is 1. The van der Waals surface area contributed by atoms with Gasteiger partial charge in [-0.25, -0.2) is 9.97 Å². The second-order valence-corrected chi connectivity index (χ2v) is 19.2. The number of ether oxygens (including phenoxy) is 2. The van der Waals surface area contributed by atoms with Gasteiger partial charge in [0.2, 0.25) is 5.91 Å². The molecule has 10 rings (SSSR count). The number of aromatic nitrogens is 2. The van der Waals surface area contributed by atoms with Crippen molar-refractivity contribution >= 4 is 28.6 Å². The van der Waals surface area contributed by atoms with E-state index in [1.54, 1.807) is 0 Å². The van der Waals surface area contributed by atoms with Crippen LogP contribution in [-0.4, -0.2) is 100 Å². The highest BCUT2D eigenvalue weighted by molar-refractivity contribution is 7.15. The standard InChI is InChI=1S/C24H28F3N3O2S.C21H27N3OS/c25-24(26,27)14-22(31)30-11-8-20-21(15-30)33-23(28-20)16-4-6-18(7-5-16)32-19-12-17(13-19)29-9-2-1-3-10-29;1-2-10-24(11-3-1)16-12-18(13-16)25-17-6-4-15(5-7-17)21-23-19-8-9-22-14-20(19)26-21/h4-7,17,19H,1-3,8-15H2;4-7,16,18,22H,1-3,8-14H2. The molecule has 0 spiro atoms. The minimum absolute atomic E-state index is 0.197. The molecular formula is C45H55F3N6O3S2. The zero-order valence-electron chi connectivity index (χ0n) is 33.7. The van der Waals surface area contributed by atoms with E-state index in [-0.39, 0.29) is 19.2 Å². The van der Waals surface area contributed by atoms with Crippen LogP contribution in [0.4, 0.5) is 13.2 Å². The highest BCUT2D eigenvalue weighted by Crippen LogP contribution is 2.37. The second-order valence-electron chi connectivity index (χ2n) is 17.0. The number of amides is 1. The van der Waals surface area contributed by atoms with E-state index in [1.807, 2.05) is 35.6 Å². The van der Waals surface area contributed by atoms with Crippen molar-refractivity contribution in [3.63, 3.8) is 0 Å². The van der Waals surface area contributed by atoms with Gasteiger partial charge in [0.15, 0.2) is 0 Å². The summed E-state index contributed by atoms with van der Waals surface area (Å²) >= 11 is 3.27. The Morgan fingerprint density at radius 3 is 1.66 bits per heavy atom. The maximum absolute atomic E-state index is 12.6. The van der Waals surface area contributed by atoms with Crippen LogP contribution in [0.25, 0.3) is 21.1 Å². The van der Waals surface area contributed by atoms with Crippen LogP contribution in [0.5, 0.6) is 11.5 Å². The molecule has 0 atom stereocenters. The van der Waals surface area contributed by atoms with Gasteiger partial charge in [0.25, 0.3) is 0 Å². The normalized spacial score (nSPS) is 24.8. The maximum Gasteiger partial charge on any atom is 0.397 e. The number of nitrogens with one attached hydrogen (secondary N) is 1. The van der Waals surface area contributed by atoms with Gasteiger partial charge in [0.1, 0.15) is 40.1 Å². The zero-order valence-corrected chi connectivity index (χ0v) is 35.3. The van der Waals surface area contributed by atoms with Crippen LogP contribution in [0, 0.1) is 0 Å². The lowest BCUT2D eigenvalue weighted by molar-refractivity contribution is -0.162. The van der Waals surface area contributed by atoms with Gasteiger partial charge in [-0.3, -0.25) is 4.79 Å². The predicted molar refractivity (Wildman–Crippen MR) is 226 cm³/mol. The van der Waals surface area contributed by atoms with Crippen molar-refractivity contribution < 1.29 is 27.4 Å². The van der Waals surface area contributed by atoms with Crippen LogP contribution in [0.2, 0.25) is 0 Å². The largest absolute Gasteiger partial charge is 0.490 e. The van der Waals surface area contributed by atoms with Gasteiger partial charge in [-0.2, -0.15) is 13.2 Å². The molecule has 14 heteroatoms. The van der Waals surface area contributed by atoms with Gasteiger partial charge in [-0.15, -0.1) is 22.7 Å². The Balaban J connectivity index is 0.000000156. The third kappa shape index (κ3) is 10.2. The summed E-state index contributed by atoms with van der Waals surface area (Å²) in [5.41, 5.74) is 4.32. The molecule has 9 nitrogen and oxygen atoms in total. The van der Waals surface area contributed by atoms with Crippen molar-refractivity contribution in [2.75, 3.05) is 39.3 Å². The molecule has 2 saturated heterocycles. The highest BCUT2D eigenvalue weighted by Gasteiger charge is 2.37. The number of halogens is 3. The van der Waals surface area contributed by atoms with Crippen molar-refractivity contribution in [3.8, 4) is 32.6 Å². The molecule has 316 valence electrons. The summed E-state index contributed by atoms with van der Waals surface area (Å²) in [6, 6.07) is 17.9. The van der Waals surface area contributed by atoms with Crippen molar-refractivity contribution in [2.24, 2.45) is 0 Å². The molecule has 59 heavy (non-hydrogen) atoms. The van der Waals surface area contributed by atoms with Gasteiger partial charge >= 0.3 is 6.18 Å². The van der Waals surface area contributed by atoms with E-state index in [2.05, 4.69) is 44.4 Å². The molecular weight excluding hydrogens is 794 g/mol. The number of hydrogen-bond donors (Lipinski definition) is 1. The topological polar surface area (TPSA) is 83.1 Å². The van der Waals surface area contributed by atoms with E-state index in [0.717, 1.165) is 76.0 Å². The van der Waals surface area contributed by atoms with E-state index in [0.29, 0.717) is 18.6 Å². The Bertz CT molecular complexity index is 1990. The fourth-order valence-electron chi connectivity index (χ4n) is 9.23. The maximum atomic E-state index is 12.6. The number of carbonyl (C=O) groups excluding carboxylic acids is 1. The summed E-state index contributed by atoms with van der Waals surface area (Å²) < 4.78 is 50.0. The summed E-state index contributed by atoms with van der Waals surface area (Å²) in [4.78, 5) is 30.3. The third-order valence-electron chi connectivity index (χ3n) is 12.8. The zero-order chi connectivity index (χ0) is 40.3. The van der Waals surface area contributed by atoms with Crippen molar-refractivity contribution in [1.82, 2.24) is 30.0 Å². The minimum Gasteiger partial charge on any atom is -0.490 e. The number of hydrogen-bond acceptors (Lipinski definition) is 10. The first-order valence-corrected chi connectivity index (χ1v) is 23.4. The average Bonchev–Trinajstić information content (AvgIpc) is 3.86. The van der Waals surface area contributed by atoms with E-state index in [4.69, 9.17) is 14.5 Å². The van der Waals surface area contributed by atoms with Crippen LogP contribution in [-0.2, 0) is 30.7 Å². The van der Waals surface area contributed by atoms with Gasteiger partial charge in [-0.1, -0.05) is 12.8 Å². The van der Waals surface area contributed by atoms with Gasteiger partial charge < -0.3 is 29.5 Å². The second kappa shape index (κ2) is 18.2. The third-order valence-corrected chi connectivity index (χ3v) is 15.1. The molecule has 2 saturated carbocycles. The summed E-state index contributed by atoms with van der Waals surface area (Å²) in [6.45, 7) is 7.51. The minimum atomic E-state index is -4.48. The molecule has 4 aromatic rings. The van der Waals surface area contributed by atoms with Crippen molar-refractivity contribution in [3.05, 3.63) is 69.7 Å².